The van der Waals surface area contributed by atoms with Crippen LogP contribution in [0.3, 0.4) is 0 Å². The van der Waals surface area contributed by atoms with Crippen molar-refractivity contribution in [1.82, 2.24) is 15.8 Å². The fraction of sp³-hybridized carbons (Fsp3) is 0. The summed E-state index contributed by atoms with van der Waals surface area (Å²) < 4.78 is 0. The number of pyridine rings is 1. The molecule has 0 aliphatic rings. The highest BCUT2D eigenvalue weighted by Gasteiger charge is 2.15. The third kappa shape index (κ3) is 3.57. The van der Waals surface area contributed by atoms with Gasteiger partial charge in [0.2, 0.25) is 0 Å². The maximum absolute atomic E-state index is 12.5. The van der Waals surface area contributed by atoms with Gasteiger partial charge in [0.25, 0.3) is 11.8 Å². The first-order valence-electron chi connectivity index (χ1n) is 7.80. The van der Waals surface area contributed by atoms with Gasteiger partial charge in [0.05, 0.1) is 17.2 Å². The minimum atomic E-state index is -0.481. The first-order chi connectivity index (χ1) is 12.7. The van der Waals surface area contributed by atoms with E-state index in [1.807, 2.05) is 0 Å². The summed E-state index contributed by atoms with van der Waals surface area (Å²) >= 11 is 0. The number of hydrazine groups is 1. The van der Waals surface area contributed by atoms with E-state index in [0.29, 0.717) is 27.8 Å². The number of benzene rings is 2. The molecule has 3 rings (SSSR count). The Bertz CT molecular complexity index is 994. The summed E-state index contributed by atoms with van der Waals surface area (Å²) in [5.41, 5.74) is 7.16. The average molecular weight is 342 g/mol. The predicted molar refractivity (Wildman–Crippen MR) is 95.8 cm³/mol. The highest BCUT2D eigenvalue weighted by atomic mass is 16.2. The second-order valence-electron chi connectivity index (χ2n) is 5.35. The summed E-state index contributed by atoms with van der Waals surface area (Å²) in [6.07, 6.45) is 2.96. The number of nitrogens with zero attached hydrogens (tertiary/aromatic N) is 2. The summed E-state index contributed by atoms with van der Waals surface area (Å²) in [4.78, 5) is 28.4. The molecule has 1 heterocycles. The minimum absolute atomic E-state index is 0.330. The molecule has 0 radical (unpaired) electrons. The fourth-order valence-electron chi connectivity index (χ4n) is 2.48. The van der Waals surface area contributed by atoms with E-state index in [9.17, 15) is 14.9 Å². The van der Waals surface area contributed by atoms with Crippen molar-refractivity contribution in [1.29, 1.82) is 5.26 Å². The van der Waals surface area contributed by atoms with Gasteiger partial charge in [-0.3, -0.25) is 25.4 Å². The van der Waals surface area contributed by atoms with E-state index in [4.69, 9.17) is 0 Å². The number of hydrogen-bond acceptors (Lipinski definition) is 4. The third-order valence-corrected chi connectivity index (χ3v) is 3.72. The van der Waals surface area contributed by atoms with Crippen molar-refractivity contribution in [2.24, 2.45) is 0 Å². The van der Waals surface area contributed by atoms with Gasteiger partial charge in [0, 0.05) is 23.5 Å². The second kappa shape index (κ2) is 7.73. The molecule has 2 aromatic carbocycles. The van der Waals surface area contributed by atoms with Gasteiger partial charge in [-0.1, -0.05) is 36.4 Å². The summed E-state index contributed by atoms with van der Waals surface area (Å²) in [5, 5.41) is 9.30. The molecule has 0 saturated carbocycles. The number of rotatable bonds is 3. The van der Waals surface area contributed by atoms with E-state index in [2.05, 4.69) is 21.9 Å². The van der Waals surface area contributed by atoms with Gasteiger partial charge in [-0.25, -0.2) is 0 Å². The van der Waals surface area contributed by atoms with Crippen LogP contribution >= 0.6 is 0 Å². The zero-order valence-electron chi connectivity index (χ0n) is 13.6. The maximum atomic E-state index is 12.5. The summed E-state index contributed by atoms with van der Waals surface area (Å²) in [6.45, 7) is 0. The number of hydrogen-bond donors (Lipinski definition) is 2. The van der Waals surface area contributed by atoms with Gasteiger partial charge in [0.15, 0.2) is 0 Å². The summed E-state index contributed by atoms with van der Waals surface area (Å²) in [7, 11) is 0. The van der Waals surface area contributed by atoms with E-state index in [1.165, 1.54) is 6.20 Å². The lowest BCUT2D eigenvalue weighted by atomic mass is 9.95. The SMILES string of the molecule is N#Cc1ccccc1-c1ccccc1C(=O)NNC(=O)c1cccnc1. The molecule has 26 heavy (non-hydrogen) atoms. The number of carbonyl (C=O) groups is 2. The minimum Gasteiger partial charge on any atom is -0.267 e. The molecule has 2 amide bonds. The molecule has 0 bridgehead atoms. The van der Waals surface area contributed by atoms with Crippen molar-refractivity contribution in [2.75, 3.05) is 0 Å². The van der Waals surface area contributed by atoms with Crippen LogP contribution in [-0.2, 0) is 0 Å². The first kappa shape index (κ1) is 16.9. The van der Waals surface area contributed by atoms with E-state index in [-0.39, 0.29) is 0 Å². The Balaban J connectivity index is 1.83. The van der Waals surface area contributed by atoms with Crippen LogP contribution in [0.4, 0.5) is 0 Å². The lowest BCUT2D eigenvalue weighted by molar-refractivity contribution is 0.0847. The fourth-order valence-corrected chi connectivity index (χ4v) is 2.48. The maximum Gasteiger partial charge on any atom is 0.271 e. The van der Waals surface area contributed by atoms with E-state index in [1.54, 1.807) is 66.9 Å². The predicted octanol–water partition coefficient (Wildman–Crippen LogP) is 2.70. The Kier molecular flexibility index (Phi) is 5.01. The van der Waals surface area contributed by atoms with E-state index in [0.717, 1.165) is 0 Å². The molecule has 0 saturated heterocycles. The van der Waals surface area contributed by atoms with Gasteiger partial charge in [0.1, 0.15) is 0 Å². The van der Waals surface area contributed by atoms with Crippen LogP contribution in [0.2, 0.25) is 0 Å². The average Bonchev–Trinajstić information content (AvgIpc) is 2.72. The highest BCUT2D eigenvalue weighted by Crippen LogP contribution is 2.26. The molecule has 0 fully saturated rings. The zero-order valence-corrected chi connectivity index (χ0v) is 13.6. The largest absolute Gasteiger partial charge is 0.271 e. The molecule has 1 aromatic heterocycles. The smallest absolute Gasteiger partial charge is 0.267 e. The Morgan fingerprint density at radius 3 is 2.27 bits per heavy atom. The third-order valence-electron chi connectivity index (χ3n) is 3.72. The van der Waals surface area contributed by atoms with Crippen molar-refractivity contribution in [3.8, 4) is 17.2 Å². The Labute approximate surface area is 150 Å². The lowest BCUT2D eigenvalue weighted by Gasteiger charge is -2.12. The molecular weight excluding hydrogens is 328 g/mol. The topological polar surface area (TPSA) is 94.9 Å². The van der Waals surface area contributed by atoms with Crippen LogP contribution in [0.1, 0.15) is 26.3 Å². The van der Waals surface area contributed by atoms with Gasteiger partial charge in [-0.05, 0) is 29.8 Å². The van der Waals surface area contributed by atoms with Crippen LogP contribution in [-0.4, -0.2) is 16.8 Å². The highest BCUT2D eigenvalue weighted by molar-refractivity contribution is 6.03. The first-order valence-corrected chi connectivity index (χ1v) is 7.80. The quantitative estimate of drug-likeness (QED) is 0.716. The second-order valence-corrected chi connectivity index (χ2v) is 5.35. The Hall–Kier alpha value is -3.98. The Morgan fingerprint density at radius 2 is 1.54 bits per heavy atom. The number of carbonyl (C=O) groups excluding carboxylic acids is 2. The van der Waals surface area contributed by atoms with Crippen molar-refractivity contribution in [3.63, 3.8) is 0 Å². The normalized spacial score (nSPS) is 9.81. The summed E-state index contributed by atoms with van der Waals surface area (Å²) in [5.74, 6) is -0.952. The molecule has 6 nitrogen and oxygen atoms in total. The molecule has 3 aromatic rings. The molecule has 2 N–H and O–H groups in total. The molecule has 0 atom stereocenters. The Morgan fingerprint density at radius 1 is 0.846 bits per heavy atom. The molecule has 0 spiro atoms. The van der Waals surface area contributed by atoms with Crippen LogP contribution in [0.15, 0.2) is 73.1 Å². The van der Waals surface area contributed by atoms with Gasteiger partial charge >= 0.3 is 0 Å². The molecular formula is C20H14N4O2. The monoisotopic (exact) mass is 342 g/mol. The molecule has 0 aliphatic heterocycles. The number of amides is 2. The van der Waals surface area contributed by atoms with Crippen LogP contribution in [0.5, 0.6) is 0 Å². The van der Waals surface area contributed by atoms with E-state index >= 15 is 0 Å². The van der Waals surface area contributed by atoms with Gasteiger partial charge in [-0.15, -0.1) is 0 Å². The molecule has 126 valence electrons. The molecule has 0 aliphatic carbocycles. The lowest BCUT2D eigenvalue weighted by Crippen LogP contribution is -2.41. The van der Waals surface area contributed by atoms with Crippen LogP contribution in [0, 0.1) is 11.3 Å². The van der Waals surface area contributed by atoms with Crippen molar-refractivity contribution in [2.45, 2.75) is 0 Å². The van der Waals surface area contributed by atoms with E-state index < -0.39 is 11.8 Å². The number of nitrogens with one attached hydrogen (secondary N) is 2. The van der Waals surface area contributed by atoms with Crippen molar-refractivity contribution < 1.29 is 9.59 Å². The van der Waals surface area contributed by atoms with Gasteiger partial charge in [-0.2, -0.15) is 5.26 Å². The van der Waals surface area contributed by atoms with Crippen molar-refractivity contribution >= 4 is 11.8 Å². The number of aromatic nitrogens is 1. The standard InChI is InChI=1S/C20H14N4O2/c21-12-14-6-1-2-8-16(14)17-9-3-4-10-18(17)20(26)24-23-19(25)15-7-5-11-22-13-15/h1-11,13H,(H,23,25)(H,24,26). The van der Waals surface area contributed by atoms with Crippen molar-refractivity contribution in [3.05, 3.63) is 89.7 Å². The number of nitriles is 1. The van der Waals surface area contributed by atoms with Crippen LogP contribution in [0.25, 0.3) is 11.1 Å². The van der Waals surface area contributed by atoms with Crippen LogP contribution < -0.4 is 10.9 Å². The summed E-state index contributed by atoms with van der Waals surface area (Å²) in [6, 6.07) is 19.3. The zero-order chi connectivity index (χ0) is 18.4. The van der Waals surface area contributed by atoms with Gasteiger partial charge < -0.3 is 0 Å². The molecule has 6 heteroatoms. The molecule has 0 unspecified atom stereocenters.